The molecule has 6 rings (SSSR count). The van der Waals surface area contributed by atoms with Crippen LogP contribution in [0.5, 0.6) is 0 Å². The maximum atomic E-state index is 12.0. The maximum absolute atomic E-state index is 12.0. The Kier molecular flexibility index (Phi) is 4.76. The summed E-state index contributed by atoms with van der Waals surface area (Å²) in [6.07, 6.45) is 14.6. The summed E-state index contributed by atoms with van der Waals surface area (Å²) >= 11 is 2.18. The van der Waals surface area contributed by atoms with Crippen LogP contribution in [0.2, 0.25) is 0 Å². The number of fused-ring (bicyclic) bond motifs is 3. The number of aliphatic hydroxyl groups is 1. The normalized spacial score (nSPS) is 52.7. The lowest BCUT2D eigenvalue weighted by molar-refractivity contribution is -0.189. The van der Waals surface area contributed by atoms with Crippen LogP contribution in [0.15, 0.2) is 23.0 Å². The number of thioether (sulfide) groups is 1. The van der Waals surface area contributed by atoms with Crippen molar-refractivity contribution in [1.29, 1.82) is 0 Å². The Morgan fingerprint density at radius 1 is 1.16 bits per heavy atom. The van der Waals surface area contributed by atoms with E-state index in [0.717, 1.165) is 48.5 Å². The van der Waals surface area contributed by atoms with Crippen molar-refractivity contribution in [3.05, 3.63) is 24.2 Å². The van der Waals surface area contributed by atoms with Gasteiger partial charge in [0, 0.05) is 22.6 Å². The molecule has 3 N–H and O–H groups in total. The van der Waals surface area contributed by atoms with Gasteiger partial charge in [-0.15, -0.1) is 0 Å². The Morgan fingerprint density at radius 3 is 2.81 bits per heavy atom. The van der Waals surface area contributed by atoms with Crippen molar-refractivity contribution in [2.45, 2.75) is 94.2 Å². The van der Waals surface area contributed by atoms with Crippen LogP contribution < -0.4 is 5.73 Å². The van der Waals surface area contributed by atoms with Crippen molar-refractivity contribution in [2.24, 2.45) is 34.3 Å². The number of epoxide rings is 1. The predicted octanol–water partition coefficient (Wildman–Crippen LogP) is 5.09. The zero-order valence-corrected chi connectivity index (χ0v) is 20.0. The molecule has 4 aliphatic carbocycles. The Hall–Kier alpha value is -0.490. The zero-order chi connectivity index (χ0) is 21.5. The molecule has 1 spiro atoms. The molecule has 4 unspecified atom stereocenters. The van der Waals surface area contributed by atoms with E-state index in [0.29, 0.717) is 11.3 Å². The van der Waals surface area contributed by atoms with E-state index in [9.17, 15) is 5.11 Å². The number of ether oxygens (including phenoxy) is 1. The van der Waals surface area contributed by atoms with Gasteiger partial charge in [-0.25, -0.2) is 0 Å². The number of hydrogen-bond acceptors (Lipinski definition) is 5. The highest BCUT2D eigenvalue weighted by Gasteiger charge is 2.84. The van der Waals surface area contributed by atoms with Gasteiger partial charge in [0.05, 0.1) is 18.6 Å². The second-order valence-corrected chi connectivity index (χ2v) is 13.2. The SMILES string of the molecule is C[C@]12CCC(SCCCN)CC1CC[C@@H]1[C@H]2CC[C@]2(C)C(O)(c3ccoc3)CC3O[C@]312. The van der Waals surface area contributed by atoms with E-state index in [-0.39, 0.29) is 17.1 Å². The second-order valence-electron chi connectivity index (χ2n) is 11.7. The Labute approximate surface area is 191 Å². The molecule has 0 amide bonds. The first-order chi connectivity index (χ1) is 14.9. The molecule has 5 fully saturated rings. The van der Waals surface area contributed by atoms with Gasteiger partial charge in [0.2, 0.25) is 0 Å². The van der Waals surface area contributed by atoms with Crippen LogP contribution in [0.3, 0.4) is 0 Å². The average molecular weight is 446 g/mol. The minimum Gasteiger partial charge on any atom is -0.472 e. The zero-order valence-electron chi connectivity index (χ0n) is 19.1. The first-order valence-electron chi connectivity index (χ1n) is 12.6. The molecule has 0 aromatic carbocycles. The summed E-state index contributed by atoms with van der Waals surface area (Å²) in [7, 11) is 0. The fraction of sp³-hybridized carbons (Fsp3) is 0.846. The van der Waals surface area contributed by atoms with Crippen LogP contribution in [0.25, 0.3) is 0 Å². The fourth-order valence-electron chi connectivity index (χ4n) is 9.10. The lowest BCUT2D eigenvalue weighted by atomic mass is 9.43. The van der Waals surface area contributed by atoms with Gasteiger partial charge in [-0.3, -0.25) is 0 Å². The van der Waals surface area contributed by atoms with Gasteiger partial charge in [-0.05, 0) is 92.9 Å². The minimum atomic E-state index is -0.817. The summed E-state index contributed by atoms with van der Waals surface area (Å²) in [6, 6.07) is 1.97. The van der Waals surface area contributed by atoms with Crippen LogP contribution in [-0.2, 0) is 10.3 Å². The third-order valence-corrected chi connectivity index (χ3v) is 12.3. The third kappa shape index (κ3) is 2.61. The van der Waals surface area contributed by atoms with E-state index in [4.69, 9.17) is 14.9 Å². The van der Waals surface area contributed by atoms with Crippen LogP contribution in [0, 0.1) is 28.6 Å². The van der Waals surface area contributed by atoms with E-state index in [1.165, 1.54) is 44.3 Å². The van der Waals surface area contributed by atoms with E-state index < -0.39 is 5.60 Å². The van der Waals surface area contributed by atoms with Gasteiger partial charge in [-0.1, -0.05) is 13.8 Å². The van der Waals surface area contributed by atoms with Crippen molar-refractivity contribution in [2.75, 3.05) is 12.3 Å². The number of hydrogen-bond donors (Lipinski definition) is 2. The molecule has 2 heterocycles. The number of rotatable bonds is 5. The molecule has 4 nitrogen and oxygen atoms in total. The predicted molar refractivity (Wildman–Crippen MR) is 124 cm³/mol. The Morgan fingerprint density at radius 2 is 2.03 bits per heavy atom. The summed E-state index contributed by atoms with van der Waals surface area (Å²) < 4.78 is 12.0. The molecule has 0 bridgehead atoms. The molecule has 172 valence electrons. The van der Waals surface area contributed by atoms with E-state index in [2.05, 4.69) is 25.6 Å². The molecule has 1 aliphatic heterocycles. The van der Waals surface area contributed by atoms with Crippen molar-refractivity contribution in [3.8, 4) is 0 Å². The maximum Gasteiger partial charge on any atom is 0.106 e. The lowest BCUT2D eigenvalue weighted by Gasteiger charge is -2.62. The molecule has 9 atom stereocenters. The molecular weight excluding hydrogens is 406 g/mol. The number of nitrogens with two attached hydrogens (primary N) is 1. The molecule has 0 radical (unpaired) electrons. The molecule has 5 heteroatoms. The molecule has 1 aromatic heterocycles. The standard InChI is InChI=1S/C26H39NO3S/c1-23-9-6-19(31-13-3-11-27)14-17(23)4-5-21-20(23)7-10-24(2)25(28,18-8-12-29-16-18)15-22-26(21,24)30-22/h8,12,16-17,19-22,28H,3-7,9-11,13-15,27H2,1-2H3/t17?,19?,20-,21-,22?,23+,24-,25?,26+/m1/s1. The molecule has 1 aromatic rings. The third-order valence-electron chi connectivity index (χ3n) is 10.9. The first kappa shape index (κ1) is 21.1. The molecule has 4 saturated carbocycles. The van der Waals surface area contributed by atoms with Crippen LogP contribution in [0.1, 0.15) is 77.2 Å². The summed E-state index contributed by atoms with van der Waals surface area (Å²) in [4.78, 5) is 0. The van der Waals surface area contributed by atoms with E-state index in [1.54, 1.807) is 12.5 Å². The fourth-order valence-corrected chi connectivity index (χ4v) is 10.4. The van der Waals surface area contributed by atoms with Crippen LogP contribution in [-0.4, -0.2) is 34.4 Å². The van der Waals surface area contributed by atoms with Gasteiger partial charge in [0.1, 0.15) is 11.2 Å². The summed E-state index contributed by atoms with van der Waals surface area (Å²) in [5.74, 6) is 3.41. The van der Waals surface area contributed by atoms with Gasteiger partial charge in [0.25, 0.3) is 0 Å². The second kappa shape index (κ2) is 7.01. The minimum absolute atomic E-state index is 0.122. The lowest BCUT2D eigenvalue weighted by Crippen LogP contribution is -2.61. The summed E-state index contributed by atoms with van der Waals surface area (Å²) in [5, 5.41) is 12.8. The highest BCUT2D eigenvalue weighted by atomic mass is 32.2. The van der Waals surface area contributed by atoms with E-state index in [1.807, 2.05) is 6.07 Å². The van der Waals surface area contributed by atoms with Crippen LogP contribution >= 0.6 is 11.8 Å². The smallest absolute Gasteiger partial charge is 0.106 e. The highest BCUT2D eigenvalue weighted by Crippen LogP contribution is 2.79. The monoisotopic (exact) mass is 445 g/mol. The van der Waals surface area contributed by atoms with E-state index >= 15 is 0 Å². The quantitative estimate of drug-likeness (QED) is 0.488. The van der Waals surface area contributed by atoms with Crippen LogP contribution in [0.4, 0.5) is 0 Å². The first-order valence-corrected chi connectivity index (χ1v) is 13.7. The molecule has 31 heavy (non-hydrogen) atoms. The van der Waals surface area contributed by atoms with Gasteiger partial charge in [-0.2, -0.15) is 11.8 Å². The van der Waals surface area contributed by atoms with Gasteiger partial charge >= 0.3 is 0 Å². The molecule has 1 saturated heterocycles. The Balaban J connectivity index is 1.25. The summed E-state index contributed by atoms with van der Waals surface area (Å²) in [6.45, 7) is 5.75. The van der Waals surface area contributed by atoms with Crippen molar-refractivity contribution in [1.82, 2.24) is 0 Å². The average Bonchev–Trinajstić information content (AvgIpc) is 3.11. The van der Waals surface area contributed by atoms with Gasteiger partial charge in [0.15, 0.2) is 0 Å². The topological polar surface area (TPSA) is 71.9 Å². The van der Waals surface area contributed by atoms with Gasteiger partial charge < -0.3 is 20.0 Å². The van der Waals surface area contributed by atoms with Crippen molar-refractivity contribution in [3.63, 3.8) is 0 Å². The summed E-state index contributed by atoms with van der Waals surface area (Å²) in [5.41, 5.74) is 5.96. The Bertz CT molecular complexity index is 831. The number of furan rings is 1. The van der Waals surface area contributed by atoms with Crippen molar-refractivity contribution < 1.29 is 14.3 Å². The largest absolute Gasteiger partial charge is 0.472 e. The molecule has 5 aliphatic rings. The highest BCUT2D eigenvalue weighted by molar-refractivity contribution is 7.99. The van der Waals surface area contributed by atoms with Crippen molar-refractivity contribution >= 4 is 11.8 Å². The molecular formula is C26H39NO3S.